The Hall–Kier alpha value is -1.13. The van der Waals surface area contributed by atoms with E-state index in [1.807, 2.05) is 6.20 Å². The van der Waals surface area contributed by atoms with E-state index in [2.05, 4.69) is 52.4 Å². The van der Waals surface area contributed by atoms with Crippen molar-refractivity contribution in [2.45, 2.75) is 39.3 Å². The molecule has 0 saturated carbocycles. The average Bonchev–Trinajstić information content (AvgIpc) is 2.98. The standard InChI is InChI=1S/C14H21N3S/c1-3-15-12(2)6-4-9-17-10-8-16-14(17)13-7-5-11-18-13/h5,7-8,10-12,15H,3-4,6,9H2,1-2H3. The third kappa shape index (κ3) is 3.43. The van der Waals surface area contributed by atoms with Gasteiger partial charge in [0.15, 0.2) is 0 Å². The average molecular weight is 263 g/mol. The number of aryl methyl sites for hydroxylation is 1. The fourth-order valence-electron chi connectivity index (χ4n) is 2.14. The molecule has 2 aromatic heterocycles. The maximum absolute atomic E-state index is 4.45. The van der Waals surface area contributed by atoms with Gasteiger partial charge in [-0.15, -0.1) is 11.3 Å². The SMILES string of the molecule is CCNC(C)CCCn1ccnc1-c1cccs1. The van der Waals surface area contributed by atoms with E-state index in [9.17, 15) is 0 Å². The molecule has 0 bridgehead atoms. The summed E-state index contributed by atoms with van der Waals surface area (Å²) in [4.78, 5) is 5.70. The fourth-order valence-corrected chi connectivity index (χ4v) is 2.88. The van der Waals surface area contributed by atoms with Crippen molar-refractivity contribution >= 4 is 11.3 Å². The number of imidazole rings is 1. The number of rotatable bonds is 7. The minimum Gasteiger partial charge on any atom is -0.330 e. The summed E-state index contributed by atoms with van der Waals surface area (Å²) in [7, 11) is 0. The van der Waals surface area contributed by atoms with Crippen molar-refractivity contribution in [2.24, 2.45) is 0 Å². The molecule has 4 heteroatoms. The first-order valence-electron chi connectivity index (χ1n) is 6.59. The highest BCUT2D eigenvalue weighted by molar-refractivity contribution is 7.13. The van der Waals surface area contributed by atoms with Gasteiger partial charge in [0.1, 0.15) is 5.82 Å². The van der Waals surface area contributed by atoms with Gasteiger partial charge in [-0.25, -0.2) is 4.98 Å². The first-order valence-corrected chi connectivity index (χ1v) is 7.47. The number of nitrogens with one attached hydrogen (secondary N) is 1. The normalized spacial score (nSPS) is 12.8. The summed E-state index contributed by atoms with van der Waals surface area (Å²) >= 11 is 1.75. The van der Waals surface area contributed by atoms with Gasteiger partial charge in [-0.1, -0.05) is 13.0 Å². The van der Waals surface area contributed by atoms with Crippen LogP contribution in [0.15, 0.2) is 29.9 Å². The molecule has 1 atom stereocenters. The van der Waals surface area contributed by atoms with Gasteiger partial charge in [0.25, 0.3) is 0 Å². The maximum Gasteiger partial charge on any atom is 0.149 e. The van der Waals surface area contributed by atoms with Crippen molar-refractivity contribution < 1.29 is 0 Å². The predicted molar refractivity (Wildman–Crippen MR) is 77.9 cm³/mol. The maximum atomic E-state index is 4.45. The summed E-state index contributed by atoms with van der Waals surface area (Å²) < 4.78 is 2.25. The second-order valence-electron chi connectivity index (χ2n) is 4.52. The van der Waals surface area contributed by atoms with Gasteiger partial charge in [-0.2, -0.15) is 0 Å². The van der Waals surface area contributed by atoms with Crippen molar-refractivity contribution in [1.29, 1.82) is 0 Å². The van der Waals surface area contributed by atoms with E-state index in [1.54, 1.807) is 11.3 Å². The summed E-state index contributed by atoms with van der Waals surface area (Å²) in [5, 5.41) is 5.54. The topological polar surface area (TPSA) is 29.9 Å². The quantitative estimate of drug-likeness (QED) is 0.830. The van der Waals surface area contributed by atoms with Gasteiger partial charge in [-0.3, -0.25) is 0 Å². The summed E-state index contributed by atoms with van der Waals surface area (Å²) in [5.41, 5.74) is 0. The molecule has 0 aliphatic carbocycles. The summed E-state index contributed by atoms with van der Waals surface area (Å²) in [6.07, 6.45) is 6.36. The minimum absolute atomic E-state index is 0.601. The molecule has 0 spiro atoms. The zero-order valence-electron chi connectivity index (χ0n) is 11.1. The molecule has 0 radical (unpaired) electrons. The number of hydrogen-bond acceptors (Lipinski definition) is 3. The van der Waals surface area contributed by atoms with Gasteiger partial charge in [0.2, 0.25) is 0 Å². The second-order valence-corrected chi connectivity index (χ2v) is 5.47. The molecule has 1 N–H and O–H groups in total. The zero-order valence-corrected chi connectivity index (χ0v) is 11.9. The Bertz CT molecular complexity index is 447. The lowest BCUT2D eigenvalue weighted by Crippen LogP contribution is -2.25. The van der Waals surface area contributed by atoms with Crippen molar-refractivity contribution in [2.75, 3.05) is 6.54 Å². The molecule has 2 aromatic rings. The third-order valence-electron chi connectivity index (χ3n) is 3.05. The van der Waals surface area contributed by atoms with Gasteiger partial charge in [0.05, 0.1) is 4.88 Å². The van der Waals surface area contributed by atoms with Crippen LogP contribution in [0.25, 0.3) is 10.7 Å². The smallest absolute Gasteiger partial charge is 0.149 e. The second kappa shape index (κ2) is 6.71. The molecule has 1 unspecified atom stereocenters. The molecule has 3 nitrogen and oxygen atoms in total. The molecule has 2 rings (SSSR count). The highest BCUT2D eigenvalue weighted by Gasteiger charge is 2.07. The van der Waals surface area contributed by atoms with E-state index in [0.29, 0.717) is 6.04 Å². The van der Waals surface area contributed by atoms with Crippen molar-refractivity contribution in [3.63, 3.8) is 0 Å². The Morgan fingerprint density at radius 3 is 3.11 bits per heavy atom. The highest BCUT2D eigenvalue weighted by atomic mass is 32.1. The molecule has 0 aromatic carbocycles. The molecule has 2 heterocycles. The summed E-state index contributed by atoms with van der Waals surface area (Å²) in [6, 6.07) is 4.81. The van der Waals surface area contributed by atoms with Crippen LogP contribution in [-0.2, 0) is 6.54 Å². The van der Waals surface area contributed by atoms with Gasteiger partial charge in [-0.05, 0) is 37.8 Å². The van der Waals surface area contributed by atoms with Gasteiger partial charge < -0.3 is 9.88 Å². The van der Waals surface area contributed by atoms with Crippen LogP contribution in [0, 0.1) is 0 Å². The van der Waals surface area contributed by atoms with Crippen LogP contribution >= 0.6 is 11.3 Å². The molecule has 0 aliphatic rings. The molecule has 18 heavy (non-hydrogen) atoms. The van der Waals surface area contributed by atoms with E-state index >= 15 is 0 Å². The first kappa shape index (κ1) is 13.3. The number of aromatic nitrogens is 2. The largest absolute Gasteiger partial charge is 0.330 e. The molecule has 0 aliphatic heterocycles. The van der Waals surface area contributed by atoms with Crippen LogP contribution in [0.1, 0.15) is 26.7 Å². The van der Waals surface area contributed by atoms with E-state index in [0.717, 1.165) is 18.9 Å². The zero-order chi connectivity index (χ0) is 12.8. The monoisotopic (exact) mass is 263 g/mol. The molecule has 0 fully saturated rings. The Kier molecular flexibility index (Phi) is 4.96. The first-order chi connectivity index (χ1) is 8.81. The highest BCUT2D eigenvalue weighted by Crippen LogP contribution is 2.23. The summed E-state index contributed by atoms with van der Waals surface area (Å²) in [6.45, 7) is 6.49. The van der Waals surface area contributed by atoms with Crippen LogP contribution in [-0.4, -0.2) is 22.1 Å². The van der Waals surface area contributed by atoms with Crippen LogP contribution in [0.3, 0.4) is 0 Å². The molecule has 0 amide bonds. The van der Waals surface area contributed by atoms with Crippen molar-refractivity contribution in [3.05, 3.63) is 29.9 Å². The van der Waals surface area contributed by atoms with Crippen LogP contribution < -0.4 is 5.32 Å². The van der Waals surface area contributed by atoms with Crippen LogP contribution in [0.4, 0.5) is 0 Å². The van der Waals surface area contributed by atoms with Gasteiger partial charge >= 0.3 is 0 Å². The van der Waals surface area contributed by atoms with Crippen molar-refractivity contribution in [3.8, 4) is 10.7 Å². The Morgan fingerprint density at radius 1 is 1.50 bits per heavy atom. The Balaban J connectivity index is 1.89. The fraction of sp³-hybridized carbons (Fsp3) is 0.500. The lowest BCUT2D eigenvalue weighted by molar-refractivity contribution is 0.487. The van der Waals surface area contributed by atoms with Crippen LogP contribution in [0.5, 0.6) is 0 Å². The van der Waals surface area contributed by atoms with Crippen molar-refractivity contribution in [1.82, 2.24) is 14.9 Å². The molecular formula is C14H21N3S. The minimum atomic E-state index is 0.601. The number of thiophene rings is 1. The Morgan fingerprint density at radius 2 is 2.39 bits per heavy atom. The summed E-state index contributed by atoms with van der Waals surface area (Å²) in [5.74, 6) is 1.10. The molecular weight excluding hydrogens is 242 g/mol. The number of nitrogens with zero attached hydrogens (tertiary/aromatic N) is 2. The van der Waals surface area contributed by atoms with E-state index in [-0.39, 0.29) is 0 Å². The van der Waals surface area contributed by atoms with Gasteiger partial charge in [0, 0.05) is 25.0 Å². The third-order valence-corrected chi connectivity index (χ3v) is 3.91. The number of hydrogen-bond donors (Lipinski definition) is 1. The van der Waals surface area contributed by atoms with E-state index in [4.69, 9.17) is 0 Å². The predicted octanol–water partition coefficient (Wildman–Crippen LogP) is 3.39. The molecule has 98 valence electrons. The lowest BCUT2D eigenvalue weighted by atomic mass is 10.2. The Labute approximate surface area is 113 Å². The van der Waals surface area contributed by atoms with Crippen LogP contribution in [0.2, 0.25) is 0 Å². The van der Waals surface area contributed by atoms with E-state index < -0.39 is 0 Å². The lowest BCUT2D eigenvalue weighted by Gasteiger charge is -2.12. The van der Waals surface area contributed by atoms with E-state index in [1.165, 1.54) is 17.7 Å². The molecule has 0 saturated heterocycles.